The van der Waals surface area contributed by atoms with E-state index >= 15 is 0 Å². The number of carboxylic acid groups (broad SMARTS) is 1. The average molecular weight is 350 g/mol. The zero-order valence-electron chi connectivity index (χ0n) is 14.7. The number of carbonyl (C=O) groups excluding carboxylic acids is 1. The van der Waals surface area contributed by atoms with Crippen LogP contribution in [0.15, 0.2) is 48.6 Å². The fourth-order valence-corrected chi connectivity index (χ4v) is 4.19. The lowest BCUT2D eigenvalue weighted by molar-refractivity contribution is -0.255. The maximum Gasteiger partial charge on any atom is 0.165 e. The van der Waals surface area contributed by atoms with E-state index < -0.39 is 5.97 Å². The van der Waals surface area contributed by atoms with Crippen molar-refractivity contribution < 1.29 is 19.4 Å². The van der Waals surface area contributed by atoms with Gasteiger partial charge in [0.05, 0.1) is 26.2 Å². The van der Waals surface area contributed by atoms with Crippen molar-refractivity contribution in [3.8, 4) is 11.5 Å². The van der Waals surface area contributed by atoms with Gasteiger partial charge >= 0.3 is 0 Å². The molecule has 26 heavy (non-hydrogen) atoms. The topological polar surface area (TPSA) is 70.6 Å². The van der Waals surface area contributed by atoms with E-state index in [1.54, 1.807) is 26.4 Å². The van der Waals surface area contributed by atoms with Gasteiger partial charge in [0, 0.05) is 17.2 Å². The van der Waals surface area contributed by atoms with Gasteiger partial charge in [-0.25, -0.2) is 0 Å². The zero-order valence-corrected chi connectivity index (χ0v) is 14.7. The van der Waals surface area contributed by atoms with Crippen LogP contribution in [0.1, 0.15) is 39.9 Å². The number of hydrogen-bond acceptors (Lipinski definition) is 5. The minimum atomic E-state index is -1.15. The van der Waals surface area contributed by atoms with Crippen molar-refractivity contribution in [2.24, 2.45) is 5.92 Å². The largest absolute Gasteiger partial charge is 0.545 e. The molecular formula is C21H20NO4-. The van der Waals surface area contributed by atoms with Crippen molar-refractivity contribution in [3.05, 3.63) is 65.2 Å². The van der Waals surface area contributed by atoms with Crippen LogP contribution < -0.4 is 19.9 Å². The van der Waals surface area contributed by atoms with Crippen LogP contribution in [0.5, 0.6) is 11.5 Å². The second-order valence-corrected chi connectivity index (χ2v) is 6.65. The summed E-state index contributed by atoms with van der Waals surface area (Å²) >= 11 is 0. The quantitative estimate of drug-likeness (QED) is 0.859. The highest BCUT2D eigenvalue weighted by molar-refractivity contribution is 5.87. The minimum absolute atomic E-state index is 0.0429. The first-order valence-electron chi connectivity index (χ1n) is 8.63. The molecule has 2 aliphatic rings. The molecule has 1 N–H and O–H groups in total. The number of aromatic carboxylic acids is 1. The van der Waals surface area contributed by atoms with Gasteiger partial charge in [0.15, 0.2) is 11.5 Å². The molecule has 0 fully saturated rings. The van der Waals surface area contributed by atoms with Crippen molar-refractivity contribution in [2.75, 3.05) is 19.5 Å². The normalized spacial score (nSPS) is 22.9. The molecule has 5 heteroatoms. The van der Waals surface area contributed by atoms with Gasteiger partial charge in [-0.1, -0.05) is 30.4 Å². The number of hydrogen-bond donors (Lipinski definition) is 1. The molecule has 0 radical (unpaired) electrons. The highest BCUT2D eigenvalue weighted by atomic mass is 16.5. The van der Waals surface area contributed by atoms with Crippen LogP contribution in [0, 0.1) is 5.92 Å². The second-order valence-electron chi connectivity index (χ2n) is 6.65. The van der Waals surface area contributed by atoms with Crippen molar-refractivity contribution in [2.45, 2.75) is 18.4 Å². The Kier molecular flexibility index (Phi) is 4.07. The van der Waals surface area contributed by atoms with Crippen LogP contribution in [0.4, 0.5) is 5.69 Å². The minimum Gasteiger partial charge on any atom is -0.545 e. The smallest absolute Gasteiger partial charge is 0.165 e. The first kappa shape index (κ1) is 16.5. The maximum atomic E-state index is 11.2. The number of fused-ring (bicyclic) bond motifs is 3. The van der Waals surface area contributed by atoms with E-state index in [0.717, 1.165) is 29.0 Å². The molecule has 4 rings (SSSR count). The first-order chi connectivity index (χ1) is 12.6. The SMILES string of the molecule is COc1cccc([C@@H]2Nc3ccc(C(=O)[O-])cc3[C@H]3C=CC[C@@H]32)c1OC. The number of rotatable bonds is 4. The fourth-order valence-electron chi connectivity index (χ4n) is 4.19. The maximum absolute atomic E-state index is 11.2. The Morgan fingerprint density at radius 3 is 2.73 bits per heavy atom. The third-order valence-electron chi connectivity index (χ3n) is 5.37. The third-order valence-corrected chi connectivity index (χ3v) is 5.37. The van der Waals surface area contributed by atoms with Crippen LogP contribution >= 0.6 is 0 Å². The Hall–Kier alpha value is -2.95. The van der Waals surface area contributed by atoms with Crippen LogP contribution in [0.2, 0.25) is 0 Å². The number of methoxy groups -OCH3 is 2. The van der Waals surface area contributed by atoms with Gasteiger partial charge in [0.25, 0.3) is 0 Å². The number of carbonyl (C=O) groups is 1. The lowest BCUT2D eigenvalue weighted by Gasteiger charge is -2.38. The Balaban J connectivity index is 1.81. The Morgan fingerprint density at radius 2 is 2.00 bits per heavy atom. The number of allylic oxidation sites excluding steroid dienone is 2. The first-order valence-corrected chi connectivity index (χ1v) is 8.63. The van der Waals surface area contributed by atoms with Crippen molar-refractivity contribution in [3.63, 3.8) is 0 Å². The number of ether oxygens (including phenoxy) is 2. The second kappa shape index (κ2) is 6.41. The Morgan fingerprint density at radius 1 is 1.15 bits per heavy atom. The molecule has 5 nitrogen and oxygen atoms in total. The summed E-state index contributed by atoms with van der Waals surface area (Å²) in [7, 11) is 3.28. The standard InChI is InChI=1S/C21H21NO4/c1-25-18-8-4-7-15(20(18)26-2)19-14-6-3-5-13(14)16-11-12(21(23)24)9-10-17(16)22-19/h3-5,7-11,13-14,19,22H,6H2,1-2H3,(H,23,24)/p-1/t13-,14-,19+/m0/s1. The molecule has 2 aromatic carbocycles. The van der Waals surface area contributed by atoms with Crippen LogP contribution in [0.25, 0.3) is 0 Å². The molecule has 0 saturated heterocycles. The molecule has 3 atom stereocenters. The van der Waals surface area contributed by atoms with Crippen LogP contribution in [0.3, 0.4) is 0 Å². The zero-order chi connectivity index (χ0) is 18.3. The molecule has 0 amide bonds. The van der Waals surface area contributed by atoms with Crippen molar-refractivity contribution >= 4 is 11.7 Å². The monoisotopic (exact) mass is 350 g/mol. The van der Waals surface area contributed by atoms with Gasteiger partial charge < -0.3 is 24.7 Å². The lowest BCUT2D eigenvalue weighted by atomic mass is 9.76. The van der Waals surface area contributed by atoms with Crippen molar-refractivity contribution in [1.82, 2.24) is 0 Å². The Labute approximate surface area is 152 Å². The summed E-state index contributed by atoms with van der Waals surface area (Å²) < 4.78 is 11.1. The fraction of sp³-hybridized carbons (Fsp3) is 0.286. The molecule has 0 aromatic heterocycles. The number of anilines is 1. The van der Waals surface area contributed by atoms with E-state index in [-0.39, 0.29) is 23.4 Å². The summed E-state index contributed by atoms with van der Waals surface area (Å²) in [5.74, 6) is 0.718. The molecule has 0 spiro atoms. The van der Waals surface area contributed by atoms with Crippen molar-refractivity contribution in [1.29, 1.82) is 0 Å². The van der Waals surface area contributed by atoms with E-state index in [0.29, 0.717) is 5.75 Å². The summed E-state index contributed by atoms with van der Waals surface area (Å²) in [6, 6.07) is 11.1. The van der Waals surface area contributed by atoms with E-state index in [2.05, 4.69) is 23.5 Å². The predicted molar refractivity (Wildman–Crippen MR) is 96.7 cm³/mol. The molecular weight excluding hydrogens is 330 g/mol. The summed E-state index contributed by atoms with van der Waals surface area (Å²) in [6.45, 7) is 0. The van der Waals surface area contributed by atoms with Gasteiger partial charge in [-0.2, -0.15) is 0 Å². The molecule has 2 aromatic rings. The van der Waals surface area contributed by atoms with E-state index in [9.17, 15) is 9.90 Å². The summed E-state index contributed by atoms with van der Waals surface area (Å²) in [5.41, 5.74) is 3.20. The number of carboxylic acids is 1. The highest BCUT2D eigenvalue weighted by Gasteiger charge is 2.39. The predicted octanol–water partition coefficient (Wildman–Crippen LogP) is 2.89. The van der Waals surface area contributed by atoms with E-state index in [1.165, 1.54) is 0 Å². The number of benzene rings is 2. The number of para-hydroxylation sites is 1. The summed E-state index contributed by atoms with van der Waals surface area (Å²) in [4.78, 5) is 11.2. The molecule has 134 valence electrons. The van der Waals surface area contributed by atoms with Crippen LogP contribution in [-0.2, 0) is 0 Å². The van der Waals surface area contributed by atoms with Crippen LogP contribution in [-0.4, -0.2) is 20.2 Å². The third kappa shape index (κ3) is 2.51. The summed E-state index contributed by atoms with van der Waals surface area (Å²) in [5, 5.41) is 14.8. The lowest BCUT2D eigenvalue weighted by Crippen LogP contribution is -2.30. The average Bonchev–Trinajstić information content (AvgIpc) is 3.16. The molecule has 0 unspecified atom stereocenters. The van der Waals surface area contributed by atoms with Gasteiger partial charge in [0.2, 0.25) is 0 Å². The van der Waals surface area contributed by atoms with E-state index in [1.807, 2.05) is 18.2 Å². The molecule has 1 aliphatic carbocycles. The van der Waals surface area contributed by atoms with Gasteiger partial charge in [-0.05, 0) is 41.7 Å². The summed E-state index contributed by atoms with van der Waals surface area (Å²) in [6.07, 6.45) is 5.25. The molecule has 1 aliphatic heterocycles. The molecule has 0 saturated carbocycles. The molecule has 0 bridgehead atoms. The van der Waals surface area contributed by atoms with Gasteiger partial charge in [-0.3, -0.25) is 0 Å². The van der Waals surface area contributed by atoms with Gasteiger partial charge in [-0.15, -0.1) is 0 Å². The van der Waals surface area contributed by atoms with Gasteiger partial charge in [0.1, 0.15) is 0 Å². The van der Waals surface area contributed by atoms with E-state index in [4.69, 9.17) is 9.47 Å². The highest BCUT2D eigenvalue weighted by Crippen LogP contribution is 2.52. The Bertz CT molecular complexity index is 890. The number of nitrogens with one attached hydrogen (secondary N) is 1. The molecule has 1 heterocycles.